The van der Waals surface area contributed by atoms with Gasteiger partial charge in [-0.2, -0.15) is 5.10 Å². The van der Waals surface area contributed by atoms with E-state index in [2.05, 4.69) is 5.10 Å². The van der Waals surface area contributed by atoms with Crippen molar-refractivity contribution >= 4 is 12.0 Å². The molecule has 0 bridgehead atoms. The van der Waals surface area contributed by atoms with Crippen molar-refractivity contribution in [3.63, 3.8) is 0 Å². The topological polar surface area (TPSA) is 87.3 Å². The van der Waals surface area contributed by atoms with Crippen LogP contribution in [0.3, 0.4) is 0 Å². The molecular formula is C12H11N3O4. The maximum absolute atomic E-state index is 10.9. The zero-order valence-corrected chi connectivity index (χ0v) is 10.1. The van der Waals surface area contributed by atoms with Gasteiger partial charge in [0.1, 0.15) is 0 Å². The van der Waals surface area contributed by atoms with Crippen LogP contribution in [-0.4, -0.2) is 28.1 Å². The summed E-state index contributed by atoms with van der Waals surface area (Å²) in [6.07, 6.45) is 3.70. The maximum atomic E-state index is 10.9. The number of rotatable bonds is 5. The number of hydrogen-bond acceptors (Lipinski definition) is 5. The van der Waals surface area contributed by atoms with E-state index >= 15 is 0 Å². The van der Waals surface area contributed by atoms with Gasteiger partial charge >= 0.3 is 5.69 Å². The van der Waals surface area contributed by atoms with Crippen LogP contribution in [0.5, 0.6) is 5.75 Å². The minimum atomic E-state index is -0.498. The quantitative estimate of drug-likeness (QED) is 0.464. The van der Waals surface area contributed by atoms with Crippen LogP contribution in [0.4, 0.5) is 5.69 Å². The van der Waals surface area contributed by atoms with Crippen molar-refractivity contribution in [3.8, 4) is 5.75 Å². The van der Waals surface area contributed by atoms with E-state index in [9.17, 15) is 14.9 Å². The molecular weight excluding hydrogens is 250 g/mol. The molecule has 0 fully saturated rings. The second-order valence-electron chi connectivity index (χ2n) is 3.85. The third-order valence-electron chi connectivity index (χ3n) is 2.57. The summed E-state index contributed by atoms with van der Waals surface area (Å²) in [7, 11) is 1.38. The van der Waals surface area contributed by atoms with E-state index in [0.29, 0.717) is 24.0 Å². The van der Waals surface area contributed by atoms with Crippen molar-refractivity contribution in [1.82, 2.24) is 9.78 Å². The predicted molar refractivity (Wildman–Crippen MR) is 66.4 cm³/mol. The van der Waals surface area contributed by atoms with E-state index < -0.39 is 4.92 Å². The molecule has 1 aromatic carbocycles. The van der Waals surface area contributed by atoms with Gasteiger partial charge in [-0.1, -0.05) is 6.07 Å². The Balaban J connectivity index is 2.28. The molecule has 2 aromatic rings. The number of nitro groups is 1. The highest BCUT2D eigenvalue weighted by atomic mass is 16.6. The van der Waals surface area contributed by atoms with Crippen molar-refractivity contribution in [2.75, 3.05) is 7.11 Å². The van der Waals surface area contributed by atoms with E-state index in [0.717, 1.165) is 0 Å². The molecule has 98 valence electrons. The first-order valence-electron chi connectivity index (χ1n) is 5.43. The molecule has 1 heterocycles. The number of aromatic nitrogens is 2. The molecule has 2 rings (SSSR count). The fraction of sp³-hybridized carbons (Fsp3) is 0.167. The largest absolute Gasteiger partial charge is 0.490 e. The summed E-state index contributed by atoms with van der Waals surface area (Å²) in [5.74, 6) is 0.211. The smallest absolute Gasteiger partial charge is 0.311 e. The van der Waals surface area contributed by atoms with Gasteiger partial charge in [0.15, 0.2) is 12.0 Å². The summed E-state index contributed by atoms with van der Waals surface area (Å²) >= 11 is 0. The highest BCUT2D eigenvalue weighted by Crippen LogP contribution is 2.27. The minimum Gasteiger partial charge on any atom is -0.490 e. The molecule has 0 saturated carbocycles. The average molecular weight is 261 g/mol. The Hall–Kier alpha value is -2.70. The lowest BCUT2D eigenvalue weighted by Crippen LogP contribution is -2.01. The molecule has 7 heteroatoms. The molecule has 1 aromatic heterocycles. The van der Waals surface area contributed by atoms with E-state index in [1.165, 1.54) is 30.1 Å². The molecule has 0 aliphatic rings. The Morgan fingerprint density at radius 2 is 2.32 bits per heavy atom. The lowest BCUT2D eigenvalue weighted by molar-refractivity contribution is -0.385. The van der Waals surface area contributed by atoms with Crippen LogP contribution in [0.25, 0.3) is 0 Å². The molecule has 0 amide bonds. The third kappa shape index (κ3) is 2.76. The van der Waals surface area contributed by atoms with Crippen molar-refractivity contribution < 1.29 is 14.5 Å². The summed E-state index contributed by atoms with van der Waals surface area (Å²) < 4.78 is 6.46. The fourth-order valence-electron chi connectivity index (χ4n) is 1.69. The average Bonchev–Trinajstić information content (AvgIpc) is 2.86. The van der Waals surface area contributed by atoms with Crippen LogP contribution in [0.2, 0.25) is 0 Å². The van der Waals surface area contributed by atoms with Gasteiger partial charge in [0.05, 0.1) is 30.3 Å². The molecule has 0 aliphatic carbocycles. The van der Waals surface area contributed by atoms with Gasteiger partial charge in [-0.3, -0.25) is 19.6 Å². The number of methoxy groups -OCH3 is 1. The van der Waals surface area contributed by atoms with E-state index in [1.807, 2.05) is 0 Å². The van der Waals surface area contributed by atoms with Crippen LogP contribution in [0.15, 0.2) is 30.6 Å². The lowest BCUT2D eigenvalue weighted by atomic mass is 10.2. The van der Waals surface area contributed by atoms with Gasteiger partial charge in [0.25, 0.3) is 0 Å². The zero-order valence-electron chi connectivity index (χ0n) is 10.1. The molecule has 0 N–H and O–H groups in total. The molecule has 0 spiro atoms. The van der Waals surface area contributed by atoms with Crippen LogP contribution in [0.1, 0.15) is 15.9 Å². The van der Waals surface area contributed by atoms with Crippen LogP contribution < -0.4 is 4.74 Å². The molecule has 0 atom stereocenters. The second-order valence-corrected chi connectivity index (χ2v) is 3.85. The highest BCUT2D eigenvalue weighted by molar-refractivity contribution is 5.73. The van der Waals surface area contributed by atoms with Crippen molar-refractivity contribution in [1.29, 1.82) is 0 Å². The highest BCUT2D eigenvalue weighted by Gasteiger charge is 2.15. The monoisotopic (exact) mass is 261 g/mol. The zero-order chi connectivity index (χ0) is 13.8. The predicted octanol–water partition coefficient (Wildman–Crippen LogP) is 1.66. The maximum Gasteiger partial charge on any atom is 0.311 e. The van der Waals surface area contributed by atoms with Gasteiger partial charge in [-0.25, -0.2) is 0 Å². The van der Waals surface area contributed by atoms with Crippen LogP contribution in [0, 0.1) is 10.1 Å². The van der Waals surface area contributed by atoms with Gasteiger partial charge < -0.3 is 4.74 Å². The molecule has 0 aliphatic heterocycles. The van der Waals surface area contributed by atoms with Crippen LogP contribution >= 0.6 is 0 Å². The Morgan fingerprint density at radius 3 is 2.89 bits per heavy atom. The Labute approximate surface area is 108 Å². The summed E-state index contributed by atoms with van der Waals surface area (Å²) in [4.78, 5) is 20.9. The number of benzene rings is 1. The number of carbonyl (C=O) groups excluding carboxylic acids is 1. The summed E-state index contributed by atoms with van der Waals surface area (Å²) in [5, 5.41) is 14.9. The van der Waals surface area contributed by atoms with Crippen molar-refractivity contribution in [2.45, 2.75) is 6.54 Å². The van der Waals surface area contributed by atoms with Gasteiger partial charge in [0, 0.05) is 12.3 Å². The Kier molecular flexibility index (Phi) is 3.56. The van der Waals surface area contributed by atoms with Gasteiger partial charge in [-0.15, -0.1) is 0 Å². The third-order valence-corrected chi connectivity index (χ3v) is 2.57. The fourth-order valence-corrected chi connectivity index (χ4v) is 1.69. The molecule has 19 heavy (non-hydrogen) atoms. The number of aldehydes is 1. The first-order valence-corrected chi connectivity index (χ1v) is 5.43. The summed E-state index contributed by atoms with van der Waals surface area (Å²) in [5.41, 5.74) is 1.07. The normalized spacial score (nSPS) is 10.2. The molecule has 0 unspecified atom stereocenters. The summed E-state index contributed by atoms with van der Waals surface area (Å²) in [6.45, 7) is 0.346. The van der Waals surface area contributed by atoms with Gasteiger partial charge in [-0.05, 0) is 11.6 Å². The number of nitrogens with zero attached hydrogens (tertiary/aromatic N) is 3. The van der Waals surface area contributed by atoms with Crippen molar-refractivity contribution in [2.24, 2.45) is 0 Å². The summed E-state index contributed by atoms with van der Waals surface area (Å²) in [6, 6.07) is 4.69. The van der Waals surface area contributed by atoms with Crippen molar-refractivity contribution in [3.05, 3.63) is 51.8 Å². The number of hydrogen-bond donors (Lipinski definition) is 0. The SMILES string of the molecule is COc1ccc(Cn2cc(C=O)cn2)cc1[N+](=O)[O-]. The Bertz CT molecular complexity index is 621. The van der Waals surface area contributed by atoms with Crippen LogP contribution in [-0.2, 0) is 6.54 Å². The molecule has 0 saturated heterocycles. The standard InChI is InChI=1S/C12H11N3O4/c1-19-12-3-2-9(4-11(12)15(17)18)6-14-7-10(8-16)5-13-14/h2-5,7-8H,6H2,1H3. The van der Waals surface area contributed by atoms with E-state index in [4.69, 9.17) is 4.74 Å². The van der Waals surface area contributed by atoms with E-state index in [-0.39, 0.29) is 11.4 Å². The number of nitro benzene ring substituents is 1. The number of ether oxygens (including phenoxy) is 1. The molecule has 7 nitrogen and oxygen atoms in total. The second kappa shape index (κ2) is 5.30. The molecule has 0 radical (unpaired) electrons. The first kappa shape index (κ1) is 12.7. The Morgan fingerprint density at radius 1 is 1.53 bits per heavy atom. The number of carbonyl (C=O) groups is 1. The minimum absolute atomic E-state index is 0.0947. The lowest BCUT2D eigenvalue weighted by Gasteiger charge is -2.05. The first-order chi connectivity index (χ1) is 9.13. The van der Waals surface area contributed by atoms with E-state index in [1.54, 1.807) is 12.3 Å². The van der Waals surface area contributed by atoms with Gasteiger partial charge in [0.2, 0.25) is 0 Å².